The number of primary amides is 1. The van der Waals surface area contributed by atoms with Crippen molar-refractivity contribution in [2.75, 3.05) is 6.54 Å². The van der Waals surface area contributed by atoms with Crippen LogP contribution < -0.4 is 5.73 Å². The fourth-order valence-corrected chi connectivity index (χ4v) is 6.35. The molecule has 10 nitrogen and oxygen atoms in total. The number of rotatable bonds is 6. The molecule has 1 aromatic carbocycles. The molecular weight excluding hydrogens is 515 g/mol. The minimum atomic E-state index is -5.02. The zero-order valence-corrected chi connectivity index (χ0v) is 19.3. The summed E-state index contributed by atoms with van der Waals surface area (Å²) in [6.45, 7) is -0.459. The number of halogens is 4. The van der Waals surface area contributed by atoms with Gasteiger partial charge in [0.15, 0.2) is 15.3 Å². The molecule has 2 fully saturated rings. The van der Waals surface area contributed by atoms with Crippen LogP contribution in [0.25, 0.3) is 5.69 Å². The average molecular weight is 534 g/mol. The first kappa shape index (κ1) is 26.5. The topological polar surface area (TPSA) is 159 Å². The number of amides is 1. The average Bonchev–Trinajstić information content (AvgIpc) is 3.11. The first-order valence-corrected chi connectivity index (χ1v) is 11.5. The summed E-state index contributed by atoms with van der Waals surface area (Å²) in [7, 11) is -4.66. The number of aromatic nitrogens is 2. The van der Waals surface area contributed by atoms with Gasteiger partial charge in [0.2, 0.25) is 5.91 Å². The number of carbonyl (C=O) groups is 2. The molecule has 35 heavy (non-hydrogen) atoms. The number of nitriles is 1. The second-order valence-corrected chi connectivity index (χ2v) is 10.4. The summed E-state index contributed by atoms with van der Waals surface area (Å²) in [5.74, 6) is -2.38. The number of carbonyl (C=O) groups excluding carboxylic acids is 1. The van der Waals surface area contributed by atoms with E-state index in [2.05, 4.69) is 5.10 Å². The molecule has 4 rings (SSSR count). The van der Waals surface area contributed by atoms with Crippen LogP contribution in [0.1, 0.15) is 18.4 Å². The van der Waals surface area contributed by atoms with E-state index in [4.69, 9.17) is 5.73 Å². The predicted octanol–water partition coefficient (Wildman–Crippen LogP) is 1.38. The SMILES string of the molecule is Cl.N#CC1(C(N)=O)CC1N1C[C@H](S(=O)(=O)c2ccc(-n3cccn3)cc2C(F)(F)F)C[C@H]1C(=O)O. The van der Waals surface area contributed by atoms with Crippen LogP contribution in [-0.2, 0) is 25.6 Å². The van der Waals surface area contributed by atoms with Gasteiger partial charge in [-0.1, -0.05) is 0 Å². The van der Waals surface area contributed by atoms with Crippen molar-refractivity contribution >= 4 is 34.1 Å². The van der Waals surface area contributed by atoms with Gasteiger partial charge in [-0.15, -0.1) is 12.4 Å². The lowest BCUT2D eigenvalue weighted by Gasteiger charge is -2.22. The van der Waals surface area contributed by atoms with Gasteiger partial charge in [-0.25, -0.2) is 13.1 Å². The monoisotopic (exact) mass is 533 g/mol. The van der Waals surface area contributed by atoms with Gasteiger partial charge in [0.05, 0.1) is 27.5 Å². The Morgan fingerprint density at radius 2 is 2.00 bits per heavy atom. The highest BCUT2D eigenvalue weighted by molar-refractivity contribution is 7.92. The van der Waals surface area contributed by atoms with E-state index in [1.807, 2.05) is 0 Å². The summed E-state index contributed by atoms with van der Waals surface area (Å²) in [6, 6.07) is 3.57. The Kier molecular flexibility index (Phi) is 6.66. The van der Waals surface area contributed by atoms with Crippen molar-refractivity contribution in [1.29, 1.82) is 5.26 Å². The van der Waals surface area contributed by atoms with Gasteiger partial charge in [0.1, 0.15) is 6.04 Å². The van der Waals surface area contributed by atoms with Crippen LogP contribution in [0, 0.1) is 16.7 Å². The van der Waals surface area contributed by atoms with Crippen LogP contribution in [-0.4, -0.2) is 64.0 Å². The van der Waals surface area contributed by atoms with Crippen LogP contribution in [0.15, 0.2) is 41.6 Å². The Bertz CT molecular complexity index is 1310. The van der Waals surface area contributed by atoms with Gasteiger partial charge < -0.3 is 10.8 Å². The largest absolute Gasteiger partial charge is 0.480 e. The zero-order valence-electron chi connectivity index (χ0n) is 17.7. The number of benzene rings is 1. The van der Waals surface area contributed by atoms with Crippen LogP contribution in [0.2, 0.25) is 0 Å². The summed E-state index contributed by atoms with van der Waals surface area (Å²) >= 11 is 0. The summed E-state index contributed by atoms with van der Waals surface area (Å²) in [6.07, 6.45) is -2.86. The molecule has 0 bridgehead atoms. The van der Waals surface area contributed by atoms with Gasteiger partial charge in [0, 0.05) is 25.0 Å². The van der Waals surface area contributed by atoms with E-state index in [0.717, 1.165) is 10.7 Å². The molecule has 1 saturated carbocycles. The van der Waals surface area contributed by atoms with Gasteiger partial charge in [-0.05, 0) is 37.1 Å². The van der Waals surface area contributed by atoms with E-state index >= 15 is 0 Å². The Morgan fingerprint density at radius 1 is 1.31 bits per heavy atom. The number of carboxylic acid groups (broad SMARTS) is 1. The molecule has 1 amide bonds. The molecule has 188 valence electrons. The summed E-state index contributed by atoms with van der Waals surface area (Å²) in [5.41, 5.74) is 2.20. The summed E-state index contributed by atoms with van der Waals surface area (Å²) < 4.78 is 69.4. The third-order valence-electron chi connectivity index (χ3n) is 6.33. The molecule has 2 aromatic rings. The Morgan fingerprint density at radius 3 is 2.49 bits per heavy atom. The lowest BCUT2D eigenvalue weighted by molar-refractivity contribution is -0.143. The van der Waals surface area contributed by atoms with E-state index in [1.165, 1.54) is 29.4 Å². The summed E-state index contributed by atoms with van der Waals surface area (Å²) in [5, 5.41) is 21.3. The lowest BCUT2D eigenvalue weighted by Crippen LogP contribution is -2.42. The molecule has 2 unspecified atom stereocenters. The van der Waals surface area contributed by atoms with Crippen LogP contribution >= 0.6 is 12.4 Å². The molecule has 2 aliphatic rings. The molecule has 0 radical (unpaired) electrons. The van der Waals surface area contributed by atoms with E-state index in [0.29, 0.717) is 6.07 Å². The van der Waals surface area contributed by atoms with Crippen molar-refractivity contribution in [3.05, 3.63) is 42.2 Å². The third kappa shape index (κ3) is 4.35. The summed E-state index contributed by atoms with van der Waals surface area (Å²) in [4.78, 5) is 23.7. The molecular formula is C20H19ClF3N5O5S. The van der Waals surface area contributed by atoms with Crippen molar-refractivity contribution in [2.24, 2.45) is 11.1 Å². The maximum atomic E-state index is 13.9. The Hall–Kier alpha value is -3.15. The molecule has 4 atom stereocenters. The Balaban J connectivity index is 0.00000342. The smallest absolute Gasteiger partial charge is 0.417 e. The van der Waals surface area contributed by atoms with Gasteiger partial charge in [-0.3, -0.25) is 14.5 Å². The minimum Gasteiger partial charge on any atom is -0.480 e. The first-order valence-electron chi connectivity index (χ1n) is 9.98. The molecule has 3 N–H and O–H groups in total. The number of alkyl halides is 3. The number of hydrogen-bond acceptors (Lipinski definition) is 7. The van der Waals surface area contributed by atoms with Crippen molar-refractivity contribution in [3.8, 4) is 11.8 Å². The number of likely N-dealkylation sites (tertiary alicyclic amines) is 1. The Labute approximate surface area is 203 Å². The number of nitrogens with zero attached hydrogens (tertiary/aromatic N) is 4. The van der Waals surface area contributed by atoms with Crippen molar-refractivity contribution in [2.45, 2.75) is 41.2 Å². The molecule has 0 spiro atoms. The van der Waals surface area contributed by atoms with Crippen LogP contribution in [0.5, 0.6) is 0 Å². The third-order valence-corrected chi connectivity index (χ3v) is 8.52. The van der Waals surface area contributed by atoms with Crippen LogP contribution in [0.4, 0.5) is 13.2 Å². The fourth-order valence-electron chi connectivity index (χ4n) is 4.45. The quantitative estimate of drug-likeness (QED) is 0.563. The first-order chi connectivity index (χ1) is 15.8. The highest BCUT2D eigenvalue weighted by Gasteiger charge is 2.66. The second kappa shape index (κ2) is 8.81. The standard InChI is InChI=1S/C20H18F3N5O5S.ClH/c21-20(22,23)13-6-11(28-5-1-4-26-28)2-3-15(13)34(32,33)12-7-14(17(29)30)27(9-12)16-8-19(16,10-24)18(25)31;/h1-6,12,14,16H,7-9H2,(H2,25,31)(H,29,30);1H/t12-,14+,16?,19?;/m1./s1. The van der Waals surface area contributed by atoms with Crippen molar-refractivity contribution in [3.63, 3.8) is 0 Å². The molecule has 1 aromatic heterocycles. The van der Waals surface area contributed by atoms with E-state index < -0.39 is 74.1 Å². The molecule has 1 aliphatic carbocycles. The lowest BCUT2D eigenvalue weighted by atomic mass is 10.1. The van der Waals surface area contributed by atoms with Crippen LogP contribution in [0.3, 0.4) is 0 Å². The van der Waals surface area contributed by atoms with Crippen molar-refractivity contribution in [1.82, 2.24) is 14.7 Å². The number of carboxylic acids is 1. The number of aliphatic carboxylic acids is 1. The molecule has 15 heteroatoms. The number of sulfone groups is 1. The highest BCUT2D eigenvalue weighted by Crippen LogP contribution is 2.51. The van der Waals surface area contributed by atoms with E-state index in [9.17, 15) is 41.5 Å². The van der Waals surface area contributed by atoms with Crippen molar-refractivity contribution < 1.29 is 36.3 Å². The van der Waals surface area contributed by atoms with E-state index in [-0.39, 0.29) is 24.5 Å². The zero-order chi connectivity index (χ0) is 25.1. The second-order valence-electron chi connectivity index (χ2n) is 8.25. The predicted molar refractivity (Wildman–Crippen MR) is 115 cm³/mol. The highest BCUT2D eigenvalue weighted by atomic mass is 35.5. The molecule has 1 saturated heterocycles. The number of hydrogen-bond donors (Lipinski definition) is 2. The van der Waals surface area contributed by atoms with Gasteiger partial charge in [-0.2, -0.15) is 23.5 Å². The van der Waals surface area contributed by atoms with Gasteiger partial charge >= 0.3 is 12.1 Å². The maximum Gasteiger partial charge on any atom is 0.417 e. The molecule has 2 heterocycles. The maximum absolute atomic E-state index is 13.9. The fraction of sp³-hybridized carbons (Fsp3) is 0.400. The minimum absolute atomic E-state index is 0. The van der Waals surface area contributed by atoms with E-state index in [1.54, 1.807) is 6.07 Å². The normalized spacial score (nSPS) is 26.5. The van der Waals surface area contributed by atoms with Gasteiger partial charge in [0.25, 0.3) is 0 Å². The number of nitrogens with two attached hydrogens (primary N) is 1. The molecule has 1 aliphatic heterocycles.